The fourth-order valence-electron chi connectivity index (χ4n) is 2.28. The first-order valence-electron chi connectivity index (χ1n) is 7.49. The number of hydrogen-bond donors (Lipinski definition) is 1. The lowest BCUT2D eigenvalue weighted by Crippen LogP contribution is -2.30. The van der Waals surface area contributed by atoms with Gasteiger partial charge in [0.2, 0.25) is 0 Å². The van der Waals surface area contributed by atoms with Crippen LogP contribution < -0.4 is 10.1 Å². The number of rotatable bonds is 4. The summed E-state index contributed by atoms with van der Waals surface area (Å²) in [5, 5.41) is 2.96. The van der Waals surface area contributed by atoms with Gasteiger partial charge in [0.15, 0.2) is 6.10 Å². The predicted octanol–water partition coefficient (Wildman–Crippen LogP) is 4.33. The zero-order valence-corrected chi connectivity index (χ0v) is 13.9. The second kappa shape index (κ2) is 6.65. The predicted molar refractivity (Wildman–Crippen MR) is 90.6 cm³/mol. The molecule has 0 aliphatic rings. The van der Waals surface area contributed by atoms with E-state index in [1.54, 1.807) is 6.92 Å². The van der Waals surface area contributed by atoms with Gasteiger partial charge in [-0.2, -0.15) is 0 Å². The van der Waals surface area contributed by atoms with E-state index in [9.17, 15) is 4.79 Å². The van der Waals surface area contributed by atoms with Gasteiger partial charge in [-0.1, -0.05) is 24.3 Å². The van der Waals surface area contributed by atoms with Crippen LogP contribution in [0, 0.1) is 27.7 Å². The molecule has 0 aliphatic carbocycles. The minimum absolute atomic E-state index is 0.143. The van der Waals surface area contributed by atoms with E-state index in [1.807, 2.05) is 57.2 Å². The van der Waals surface area contributed by atoms with Gasteiger partial charge in [-0.3, -0.25) is 4.79 Å². The number of anilines is 1. The van der Waals surface area contributed by atoms with E-state index >= 15 is 0 Å². The standard InChI is InChI=1S/C19H23NO2/c1-12-9-10-17(11-15(12)4)22-16(5)19(21)20-18-13(2)7-6-8-14(18)3/h6-11,16H,1-5H3,(H,20,21)/t16-/m1/s1. The van der Waals surface area contributed by atoms with Crippen molar-refractivity contribution in [3.63, 3.8) is 0 Å². The zero-order valence-electron chi connectivity index (χ0n) is 13.9. The summed E-state index contributed by atoms with van der Waals surface area (Å²) in [6.45, 7) is 9.81. The first kappa shape index (κ1) is 16.1. The topological polar surface area (TPSA) is 38.3 Å². The fraction of sp³-hybridized carbons (Fsp3) is 0.316. The maximum Gasteiger partial charge on any atom is 0.265 e. The minimum atomic E-state index is -0.555. The molecule has 0 aliphatic heterocycles. The summed E-state index contributed by atoms with van der Waals surface area (Å²) in [6.07, 6.45) is -0.555. The minimum Gasteiger partial charge on any atom is -0.481 e. The van der Waals surface area contributed by atoms with Gasteiger partial charge in [0.05, 0.1) is 0 Å². The van der Waals surface area contributed by atoms with Crippen molar-refractivity contribution in [2.24, 2.45) is 0 Å². The molecule has 3 heteroatoms. The normalized spacial score (nSPS) is 11.9. The van der Waals surface area contributed by atoms with Gasteiger partial charge in [-0.25, -0.2) is 0 Å². The van der Waals surface area contributed by atoms with Crippen molar-refractivity contribution in [1.82, 2.24) is 0 Å². The Morgan fingerprint density at radius 2 is 1.59 bits per heavy atom. The summed E-state index contributed by atoms with van der Waals surface area (Å²) in [4.78, 5) is 12.3. The van der Waals surface area contributed by atoms with Crippen LogP contribution in [0.15, 0.2) is 36.4 Å². The number of ether oxygens (including phenoxy) is 1. The van der Waals surface area contributed by atoms with E-state index in [2.05, 4.69) is 12.2 Å². The number of amides is 1. The molecule has 0 spiro atoms. The molecule has 0 saturated heterocycles. The zero-order chi connectivity index (χ0) is 16.3. The third-order valence-electron chi connectivity index (χ3n) is 3.89. The van der Waals surface area contributed by atoms with Crippen LogP contribution in [0.1, 0.15) is 29.2 Å². The van der Waals surface area contributed by atoms with Crippen LogP contribution in [0.25, 0.3) is 0 Å². The monoisotopic (exact) mass is 297 g/mol. The molecular formula is C19H23NO2. The Bertz CT molecular complexity index is 672. The number of benzene rings is 2. The molecule has 0 unspecified atom stereocenters. The van der Waals surface area contributed by atoms with Gasteiger partial charge in [0.25, 0.3) is 5.91 Å². The maximum absolute atomic E-state index is 12.3. The van der Waals surface area contributed by atoms with Crippen molar-refractivity contribution in [2.45, 2.75) is 40.7 Å². The number of hydrogen-bond acceptors (Lipinski definition) is 2. The van der Waals surface area contributed by atoms with Crippen LogP contribution >= 0.6 is 0 Å². The molecule has 22 heavy (non-hydrogen) atoms. The number of aryl methyl sites for hydroxylation is 4. The lowest BCUT2D eigenvalue weighted by atomic mass is 10.1. The molecule has 3 nitrogen and oxygen atoms in total. The first-order chi connectivity index (χ1) is 10.4. The third kappa shape index (κ3) is 3.67. The van der Waals surface area contributed by atoms with Crippen molar-refractivity contribution in [1.29, 1.82) is 0 Å². The highest BCUT2D eigenvalue weighted by Crippen LogP contribution is 2.21. The molecule has 1 amide bonds. The maximum atomic E-state index is 12.3. The molecule has 2 rings (SSSR count). The Kier molecular flexibility index (Phi) is 4.86. The van der Waals surface area contributed by atoms with Crippen LogP contribution in [0.5, 0.6) is 5.75 Å². The van der Waals surface area contributed by atoms with Crippen LogP contribution in [0.4, 0.5) is 5.69 Å². The molecule has 2 aromatic rings. The van der Waals surface area contributed by atoms with Gasteiger partial charge in [-0.05, 0) is 69.0 Å². The average Bonchev–Trinajstić information content (AvgIpc) is 2.46. The van der Waals surface area contributed by atoms with Gasteiger partial charge in [-0.15, -0.1) is 0 Å². The highest BCUT2D eigenvalue weighted by Gasteiger charge is 2.16. The number of carbonyl (C=O) groups is 1. The summed E-state index contributed by atoms with van der Waals surface area (Å²) in [7, 11) is 0. The van der Waals surface area contributed by atoms with Gasteiger partial charge < -0.3 is 10.1 Å². The van der Waals surface area contributed by atoms with Crippen molar-refractivity contribution >= 4 is 11.6 Å². The van der Waals surface area contributed by atoms with Gasteiger partial charge in [0, 0.05) is 5.69 Å². The Morgan fingerprint density at radius 3 is 2.18 bits per heavy atom. The lowest BCUT2D eigenvalue weighted by Gasteiger charge is -2.17. The quantitative estimate of drug-likeness (QED) is 0.912. The van der Waals surface area contributed by atoms with Crippen molar-refractivity contribution in [2.75, 3.05) is 5.32 Å². The van der Waals surface area contributed by atoms with Crippen molar-refractivity contribution in [3.8, 4) is 5.75 Å². The molecule has 1 N–H and O–H groups in total. The highest BCUT2D eigenvalue weighted by atomic mass is 16.5. The SMILES string of the molecule is Cc1ccc(O[C@H](C)C(=O)Nc2c(C)cccc2C)cc1C. The molecule has 0 bridgehead atoms. The highest BCUT2D eigenvalue weighted by molar-refractivity contribution is 5.95. The lowest BCUT2D eigenvalue weighted by molar-refractivity contribution is -0.122. The Morgan fingerprint density at radius 1 is 0.955 bits per heavy atom. The second-order valence-corrected chi connectivity index (χ2v) is 5.76. The molecule has 1 atom stereocenters. The molecule has 0 fully saturated rings. The van der Waals surface area contributed by atoms with Gasteiger partial charge in [0.1, 0.15) is 5.75 Å². The molecule has 0 radical (unpaired) electrons. The van der Waals surface area contributed by atoms with Crippen LogP contribution in [0.2, 0.25) is 0 Å². The van der Waals surface area contributed by atoms with E-state index in [0.717, 1.165) is 22.4 Å². The molecule has 2 aromatic carbocycles. The molecule has 0 saturated carbocycles. The van der Waals surface area contributed by atoms with Crippen LogP contribution in [-0.4, -0.2) is 12.0 Å². The van der Waals surface area contributed by atoms with Gasteiger partial charge >= 0.3 is 0 Å². The molecule has 116 valence electrons. The molecule has 0 aromatic heterocycles. The van der Waals surface area contributed by atoms with Crippen LogP contribution in [-0.2, 0) is 4.79 Å². The largest absolute Gasteiger partial charge is 0.481 e. The number of para-hydroxylation sites is 1. The number of nitrogens with one attached hydrogen (secondary N) is 1. The first-order valence-corrected chi connectivity index (χ1v) is 7.49. The van der Waals surface area contributed by atoms with E-state index in [0.29, 0.717) is 5.75 Å². The third-order valence-corrected chi connectivity index (χ3v) is 3.89. The van der Waals surface area contributed by atoms with Crippen molar-refractivity contribution < 1.29 is 9.53 Å². The van der Waals surface area contributed by atoms with Crippen molar-refractivity contribution in [3.05, 3.63) is 58.7 Å². The second-order valence-electron chi connectivity index (χ2n) is 5.76. The smallest absolute Gasteiger partial charge is 0.265 e. The molecule has 0 heterocycles. The molecular weight excluding hydrogens is 274 g/mol. The van der Waals surface area contributed by atoms with Crippen LogP contribution in [0.3, 0.4) is 0 Å². The van der Waals surface area contributed by atoms with E-state index in [-0.39, 0.29) is 5.91 Å². The Hall–Kier alpha value is -2.29. The van der Waals surface area contributed by atoms with E-state index < -0.39 is 6.10 Å². The summed E-state index contributed by atoms with van der Waals surface area (Å²) >= 11 is 0. The Labute approximate surface area is 132 Å². The average molecular weight is 297 g/mol. The van der Waals surface area contributed by atoms with E-state index in [1.165, 1.54) is 5.56 Å². The summed E-state index contributed by atoms with van der Waals surface area (Å²) in [6, 6.07) is 11.8. The summed E-state index contributed by atoms with van der Waals surface area (Å²) < 4.78 is 5.75. The number of carbonyl (C=O) groups excluding carboxylic acids is 1. The van der Waals surface area contributed by atoms with E-state index in [4.69, 9.17) is 4.74 Å². The fourth-order valence-corrected chi connectivity index (χ4v) is 2.28. The summed E-state index contributed by atoms with van der Waals surface area (Å²) in [5.41, 5.74) is 5.32. The summed E-state index contributed by atoms with van der Waals surface area (Å²) in [5.74, 6) is 0.572. The Balaban J connectivity index is 2.07.